The Labute approximate surface area is 81.1 Å². The van der Waals surface area contributed by atoms with Crippen LogP contribution in [0.15, 0.2) is 23.1 Å². The Hall–Kier alpha value is -0.480. The number of rotatable bonds is 3. The normalized spacial score (nSPS) is 9.58. The number of ether oxygens (including phenoxy) is 2. The van der Waals surface area contributed by atoms with Gasteiger partial charge in [-0.25, -0.2) is 0 Å². The summed E-state index contributed by atoms with van der Waals surface area (Å²) < 4.78 is 10.3. The first-order valence-electron chi connectivity index (χ1n) is 3.36. The molecule has 0 saturated heterocycles. The molecule has 0 amide bonds. The van der Waals surface area contributed by atoms with E-state index < -0.39 is 0 Å². The van der Waals surface area contributed by atoms with E-state index in [4.69, 9.17) is 9.47 Å². The zero-order chi connectivity index (χ0) is 8.97. The Bertz CT molecular complexity index is 241. The fourth-order valence-corrected chi connectivity index (χ4v) is 1.77. The predicted molar refractivity (Wildman–Crippen MR) is 54.4 cm³/mol. The highest BCUT2D eigenvalue weighted by Gasteiger charge is 2.07. The van der Waals surface area contributed by atoms with Crippen molar-refractivity contribution in [1.29, 1.82) is 0 Å². The van der Waals surface area contributed by atoms with Crippen molar-refractivity contribution in [1.82, 2.24) is 0 Å². The summed E-state index contributed by atoms with van der Waals surface area (Å²) >= 11 is 4.10. The number of hydrogen-bond donors (Lipinski definition) is 1. The average Bonchev–Trinajstić information content (AvgIpc) is 2.16. The van der Waals surface area contributed by atoms with Gasteiger partial charge in [0, 0.05) is 0 Å². The van der Waals surface area contributed by atoms with Gasteiger partial charge in [0.25, 0.3) is 0 Å². The molecule has 0 spiro atoms. The largest absolute Gasteiger partial charge is 0.493 e. The zero-order valence-electron chi connectivity index (χ0n) is 6.90. The van der Waals surface area contributed by atoms with E-state index in [1.54, 1.807) is 14.2 Å². The maximum Gasteiger partial charge on any atom is 0.175 e. The Kier molecular flexibility index (Phi) is 3.62. The maximum absolute atomic E-state index is 5.16. The van der Waals surface area contributed by atoms with Crippen LogP contribution in [0.3, 0.4) is 0 Å². The van der Waals surface area contributed by atoms with Gasteiger partial charge in [-0.15, -0.1) is 11.7 Å². The van der Waals surface area contributed by atoms with E-state index in [2.05, 4.69) is 11.7 Å². The summed E-state index contributed by atoms with van der Waals surface area (Å²) in [5.41, 5.74) is 0. The van der Waals surface area contributed by atoms with Gasteiger partial charge in [-0.1, -0.05) is 16.9 Å². The zero-order valence-corrected chi connectivity index (χ0v) is 8.61. The third-order valence-corrected chi connectivity index (χ3v) is 2.57. The lowest BCUT2D eigenvalue weighted by atomic mass is 10.3. The lowest BCUT2D eigenvalue weighted by Gasteiger charge is -2.09. The van der Waals surface area contributed by atoms with Crippen molar-refractivity contribution < 1.29 is 9.47 Å². The Morgan fingerprint density at radius 1 is 1.25 bits per heavy atom. The molecule has 4 heteroatoms. The highest BCUT2D eigenvalue weighted by atomic mass is 33.1. The van der Waals surface area contributed by atoms with Crippen LogP contribution in [-0.2, 0) is 0 Å². The molecule has 1 rings (SSSR count). The van der Waals surface area contributed by atoms with Crippen LogP contribution < -0.4 is 9.47 Å². The second kappa shape index (κ2) is 4.52. The van der Waals surface area contributed by atoms with E-state index in [0.29, 0.717) is 0 Å². The van der Waals surface area contributed by atoms with Gasteiger partial charge in [0.1, 0.15) is 0 Å². The lowest BCUT2D eigenvalue weighted by molar-refractivity contribution is 0.348. The SMILES string of the molecule is COc1cccc(SS)c1OC. The van der Waals surface area contributed by atoms with Crippen LogP contribution in [0, 0.1) is 0 Å². The third-order valence-electron chi connectivity index (χ3n) is 1.47. The minimum atomic E-state index is 0.733. The van der Waals surface area contributed by atoms with Crippen molar-refractivity contribution in [3.63, 3.8) is 0 Å². The molecule has 12 heavy (non-hydrogen) atoms. The molecule has 1 aromatic rings. The summed E-state index contributed by atoms with van der Waals surface area (Å²) in [6.07, 6.45) is 0. The first kappa shape index (κ1) is 9.61. The molecule has 2 nitrogen and oxygen atoms in total. The fraction of sp³-hybridized carbons (Fsp3) is 0.250. The fourth-order valence-electron chi connectivity index (χ4n) is 0.930. The van der Waals surface area contributed by atoms with E-state index in [0.717, 1.165) is 16.4 Å². The van der Waals surface area contributed by atoms with Gasteiger partial charge in [-0.3, -0.25) is 0 Å². The van der Waals surface area contributed by atoms with Crippen LogP contribution in [0.5, 0.6) is 11.5 Å². The smallest absolute Gasteiger partial charge is 0.175 e. The lowest BCUT2D eigenvalue weighted by Crippen LogP contribution is -1.91. The summed E-state index contributed by atoms with van der Waals surface area (Å²) in [4.78, 5) is 0.959. The van der Waals surface area contributed by atoms with Crippen LogP contribution in [-0.4, -0.2) is 14.2 Å². The summed E-state index contributed by atoms with van der Waals surface area (Å²) in [5.74, 6) is 1.47. The molecule has 0 aliphatic rings. The highest BCUT2D eigenvalue weighted by Crippen LogP contribution is 2.38. The molecule has 0 heterocycles. The molecule has 0 saturated carbocycles. The number of benzene rings is 1. The second-order valence-corrected chi connectivity index (χ2v) is 3.25. The van der Waals surface area contributed by atoms with E-state index in [9.17, 15) is 0 Å². The Balaban J connectivity index is 3.13. The molecule has 0 aliphatic heterocycles. The van der Waals surface area contributed by atoms with Gasteiger partial charge in [0.2, 0.25) is 0 Å². The van der Waals surface area contributed by atoms with Crippen LogP contribution in [0.4, 0.5) is 0 Å². The number of thiol groups is 1. The molecule has 66 valence electrons. The molecular formula is C8H10O2S2. The first-order valence-corrected chi connectivity index (χ1v) is 5.22. The third kappa shape index (κ3) is 1.81. The standard InChI is InChI=1S/C8H10O2S2/c1-9-6-4-3-5-7(12-11)8(6)10-2/h3-5,11H,1-2H3. The molecule has 0 N–H and O–H groups in total. The number of para-hydroxylation sites is 1. The van der Waals surface area contributed by atoms with E-state index in [1.165, 1.54) is 10.8 Å². The van der Waals surface area contributed by atoms with Gasteiger partial charge in [0.15, 0.2) is 11.5 Å². The van der Waals surface area contributed by atoms with Crippen molar-refractivity contribution in [2.45, 2.75) is 4.90 Å². The number of hydrogen-bond acceptors (Lipinski definition) is 4. The van der Waals surface area contributed by atoms with Gasteiger partial charge in [-0.05, 0) is 12.1 Å². The van der Waals surface area contributed by atoms with Gasteiger partial charge >= 0.3 is 0 Å². The summed E-state index contributed by atoms with van der Waals surface area (Å²) in [6.45, 7) is 0. The van der Waals surface area contributed by atoms with E-state index >= 15 is 0 Å². The molecule has 0 unspecified atom stereocenters. The quantitative estimate of drug-likeness (QED) is 0.600. The molecular weight excluding hydrogens is 192 g/mol. The van der Waals surface area contributed by atoms with Crippen molar-refractivity contribution >= 4 is 22.5 Å². The van der Waals surface area contributed by atoms with Crippen LogP contribution in [0.1, 0.15) is 0 Å². The Morgan fingerprint density at radius 3 is 2.50 bits per heavy atom. The minimum absolute atomic E-state index is 0.733. The van der Waals surface area contributed by atoms with Crippen LogP contribution in [0.2, 0.25) is 0 Å². The second-order valence-electron chi connectivity index (χ2n) is 2.08. The van der Waals surface area contributed by atoms with Crippen molar-refractivity contribution in [3.8, 4) is 11.5 Å². The van der Waals surface area contributed by atoms with Gasteiger partial charge < -0.3 is 9.47 Å². The predicted octanol–water partition coefficient (Wildman–Crippen LogP) is 2.64. The topological polar surface area (TPSA) is 18.5 Å². The monoisotopic (exact) mass is 202 g/mol. The van der Waals surface area contributed by atoms with Crippen molar-refractivity contribution in [2.75, 3.05) is 14.2 Å². The first-order chi connectivity index (χ1) is 5.83. The number of methoxy groups -OCH3 is 2. The van der Waals surface area contributed by atoms with Crippen LogP contribution >= 0.6 is 22.5 Å². The summed E-state index contributed by atoms with van der Waals surface area (Å²) in [5, 5.41) is 0. The van der Waals surface area contributed by atoms with Crippen molar-refractivity contribution in [2.24, 2.45) is 0 Å². The summed E-state index contributed by atoms with van der Waals surface area (Å²) in [6, 6.07) is 5.69. The average molecular weight is 202 g/mol. The molecule has 0 aromatic heterocycles. The van der Waals surface area contributed by atoms with E-state index in [-0.39, 0.29) is 0 Å². The molecule has 0 radical (unpaired) electrons. The minimum Gasteiger partial charge on any atom is -0.493 e. The maximum atomic E-state index is 5.16. The Morgan fingerprint density at radius 2 is 2.00 bits per heavy atom. The van der Waals surface area contributed by atoms with Gasteiger partial charge in [0.05, 0.1) is 19.1 Å². The van der Waals surface area contributed by atoms with E-state index in [1.807, 2.05) is 18.2 Å². The summed E-state index contributed by atoms with van der Waals surface area (Å²) in [7, 11) is 4.57. The van der Waals surface area contributed by atoms with Gasteiger partial charge in [-0.2, -0.15) is 0 Å². The molecule has 1 aromatic carbocycles. The molecule has 0 aliphatic carbocycles. The van der Waals surface area contributed by atoms with Crippen LogP contribution in [0.25, 0.3) is 0 Å². The molecule has 0 atom stereocenters. The molecule has 0 fully saturated rings. The van der Waals surface area contributed by atoms with Crippen molar-refractivity contribution in [3.05, 3.63) is 18.2 Å². The molecule has 0 bridgehead atoms. The highest BCUT2D eigenvalue weighted by molar-refractivity contribution is 8.68.